The molecule has 0 saturated carbocycles. The van der Waals surface area contributed by atoms with E-state index in [-0.39, 0.29) is 29.9 Å². The van der Waals surface area contributed by atoms with Gasteiger partial charge in [-0.15, -0.1) is 0 Å². The zero-order chi connectivity index (χ0) is 14.8. The van der Waals surface area contributed by atoms with Crippen LogP contribution in [0.4, 0.5) is 0 Å². The number of rotatable bonds is 6. The second kappa shape index (κ2) is 6.22. The number of sulfone groups is 1. The predicted molar refractivity (Wildman–Crippen MR) is 76.5 cm³/mol. The van der Waals surface area contributed by atoms with Crippen LogP contribution in [-0.2, 0) is 14.6 Å². The van der Waals surface area contributed by atoms with E-state index in [0.717, 1.165) is 12.8 Å². The van der Waals surface area contributed by atoms with Gasteiger partial charge in [0, 0.05) is 12.3 Å². The van der Waals surface area contributed by atoms with E-state index in [1.165, 1.54) is 6.26 Å². The van der Waals surface area contributed by atoms with Crippen LogP contribution in [0.2, 0.25) is 0 Å². The van der Waals surface area contributed by atoms with Crippen molar-refractivity contribution in [3.05, 3.63) is 0 Å². The molecule has 6 heteroatoms. The van der Waals surface area contributed by atoms with Gasteiger partial charge in [-0.3, -0.25) is 10.1 Å². The molecule has 19 heavy (non-hydrogen) atoms. The summed E-state index contributed by atoms with van der Waals surface area (Å²) in [7, 11) is -3.08. The van der Waals surface area contributed by atoms with Crippen molar-refractivity contribution >= 4 is 15.7 Å². The van der Waals surface area contributed by atoms with Crippen LogP contribution in [0.3, 0.4) is 0 Å². The van der Waals surface area contributed by atoms with Crippen molar-refractivity contribution in [2.45, 2.75) is 58.8 Å². The second-order valence-corrected chi connectivity index (χ2v) is 8.14. The Kier molecular flexibility index (Phi) is 5.38. The number of amides is 1. The summed E-state index contributed by atoms with van der Waals surface area (Å²) in [5, 5.41) is 3.32. The molecule has 0 bridgehead atoms. The topological polar surface area (TPSA) is 66.5 Å². The maximum absolute atomic E-state index is 12.4. The zero-order valence-electron chi connectivity index (χ0n) is 12.5. The molecule has 1 N–H and O–H groups in total. The molecule has 3 unspecified atom stereocenters. The van der Waals surface area contributed by atoms with E-state index in [9.17, 15) is 13.2 Å². The molecule has 1 fully saturated rings. The van der Waals surface area contributed by atoms with Gasteiger partial charge in [-0.25, -0.2) is 8.42 Å². The Hall–Kier alpha value is -0.620. The van der Waals surface area contributed by atoms with Gasteiger partial charge < -0.3 is 4.90 Å². The van der Waals surface area contributed by atoms with Crippen LogP contribution >= 0.6 is 0 Å². The highest BCUT2D eigenvalue weighted by Gasteiger charge is 2.40. The number of hydrogen-bond acceptors (Lipinski definition) is 4. The number of carbonyl (C=O) groups is 1. The average molecular weight is 290 g/mol. The quantitative estimate of drug-likeness (QED) is 0.792. The largest absolute Gasteiger partial charge is 0.322 e. The molecule has 0 radical (unpaired) electrons. The molecule has 0 aliphatic carbocycles. The van der Waals surface area contributed by atoms with E-state index in [1.54, 1.807) is 11.8 Å². The van der Waals surface area contributed by atoms with Gasteiger partial charge in [0.2, 0.25) is 5.91 Å². The lowest BCUT2D eigenvalue weighted by molar-refractivity contribution is -0.131. The minimum absolute atomic E-state index is 0.0192. The highest BCUT2D eigenvalue weighted by Crippen LogP contribution is 2.21. The lowest BCUT2D eigenvalue weighted by Crippen LogP contribution is -2.45. The standard InChI is InChI=1S/C13H26N2O3S/c1-6-12-14-11(7-9(2)3)13(16)15(12)10(4)8-19(5,17)18/h9-12,14H,6-8H2,1-5H3. The van der Waals surface area contributed by atoms with Gasteiger partial charge in [0.05, 0.1) is 18.0 Å². The first kappa shape index (κ1) is 16.4. The molecule has 0 aromatic rings. The highest BCUT2D eigenvalue weighted by molar-refractivity contribution is 7.90. The van der Waals surface area contributed by atoms with Crippen molar-refractivity contribution in [3.63, 3.8) is 0 Å². The molecule has 1 amide bonds. The third-order valence-corrected chi connectivity index (χ3v) is 4.48. The fourth-order valence-electron chi connectivity index (χ4n) is 2.72. The van der Waals surface area contributed by atoms with Gasteiger partial charge in [0.15, 0.2) is 0 Å². The van der Waals surface area contributed by atoms with Gasteiger partial charge in [0.1, 0.15) is 9.84 Å². The van der Waals surface area contributed by atoms with Crippen molar-refractivity contribution in [1.29, 1.82) is 0 Å². The van der Waals surface area contributed by atoms with Crippen LogP contribution < -0.4 is 5.32 Å². The van der Waals surface area contributed by atoms with Gasteiger partial charge in [-0.05, 0) is 25.7 Å². The lowest BCUT2D eigenvalue weighted by atomic mass is 10.0. The number of carbonyl (C=O) groups excluding carboxylic acids is 1. The highest BCUT2D eigenvalue weighted by atomic mass is 32.2. The zero-order valence-corrected chi connectivity index (χ0v) is 13.3. The molecule has 0 aromatic heterocycles. The molecule has 3 atom stereocenters. The molecule has 1 saturated heterocycles. The summed E-state index contributed by atoms with van der Waals surface area (Å²) in [6.07, 6.45) is 2.74. The van der Waals surface area contributed by atoms with Crippen molar-refractivity contribution in [3.8, 4) is 0 Å². The number of hydrogen-bond donors (Lipinski definition) is 1. The summed E-state index contributed by atoms with van der Waals surface area (Å²) in [6.45, 7) is 7.97. The fraction of sp³-hybridized carbons (Fsp3) is 0.923. The molecule has 0 aromatic carbocycles. The van der Waals surface area contributed by atoms with E-state index < -0.39 is 9.84 Å². The average Bonchev–Trinajstić information content (AvgIpc) is 2.52. The molecule has 0 spiro atoms. The van der Waals surface area contributed by atoms with E-state index in [2.05, 4.69) is 19.2 Å². The predicted octanol–water partition coefficient (Wildman–Crippen LogP) is 1.00. The Morgan fingerprint density at radius 1 is 1.32 bits per heavy atom. The number of nitrogens with one attached hydrogen (secondary N) is 1. The summed E-state index contributed by atoms with van der Waals surface area (Å²) < 4.78 is 22.8. The minimum Gasteiger partial charge on any atom is -0.322 e. The Balaban J connectivity index is 2.83. The number of nitrogens with zero attached hydrogens (tertiary/aromatic N) is 1. The van der Waals surface area contributed by atoms with Crippen LogP contribution in [0, 0.1) is 5.92 Å². The van der Waals surface area contributed by atoms with Crippen LogP contribution in [0.15, 0.2) is 0 Å². The van der Waals surface area contributed by atoms with Crippen LogP contribution in [0.25, 0.3) is 0 Å². The first-order valence-electron chi connectivity index (χ1n) is 6.91. The fourth-order valence-corrected chi connectivity index (χ4v) is 3.75. The van der Waals surface area contributed by atoms with Crippen LogP contribution in [0.5, 0.6) is 0 Å². The van der Waals surface area contributed by atoms with E-state index in [0.29, 0.717) is 5.92 Å². The SMILES string of the molecule is CCC1NC(CC(C)C)C(=O)N1C(C)CS(C)(=O)=O. The molecule has 5 nitrogen and oxygen atoms in total. The Morgan fingerprint density at radius 3 is 2.32 bits per heavy atom. The monoisotopic (exact) mass is 290 g/mol. The Morgan fingerprint density at radius 2 is 1.89 bits per heavy atom. The van der Waals surface area contributed by atoms with Crippen molar-refractivity contribution < 1.29 is 13.2 Å². The second-order valence-electron chi connectivity index (χ2n) is 5.96. The Labute approximate surface area is 116 Å². The summed E-state index contributed by atoms with van der Waals surface area (Å²) in [5.41, 5.74) is 0. The van der Waals surface area contributed by atoms with Crippen molar-refractivity contribution in [2.24, 2.45) is 5.92 Å². The van der Waals surface area contributed by atoms with E-state index in [1.807, 2.05) is 6.92 Å². The van der Waals surface area contributed by atoms with E-state index in [4.69, 9.17) is 0 Å². The molecule has 1 heterocycles. The summed E-state index contributed by atoms with van der Waals surface area (Å²) in [4.78, 5) is 14.1. The minimum atomic E-state index is -3.08. The summed E-state index contributed by atoms with van der Waals surface area (Å²) in [5.74, 6) is 0.492. The normalized spacial score (nSPS) is 26.2. The van der Waals surface area contributed by atoms with Crippen LogP contribution in [-0.4, -0.2) is 49.5 Å². The molecular formula is C13H26N2O3S. The molecular weight excluding hydrogens is 264 g/mol. The van der Waals surface area contributed by atoms with Gasteiger partial charge in [-0.2, -0.15) is 0 Å². The smallest absolute Gasteiger partial charge is 0.241 e. The lowest BCUT2D eigenvalue weighted by Gasteiger charge is -2.29. The molecule has 1 aliphatic heterocycles. The van der Waals surface area contributed by atoms with Gasteiger partial charge >= 0.3 is 0 Å². The van der Waals surface area contributed by atoms with Gasteiger partial charge in [-0.1, -0.05) is 20.8 Å². The van der Waals surface area contributed by atoms with Crippen LogP contribution in [0.1, 0.15) is 40.5 Å². The maximum Gasteiger partial charge on any atom is 0.241 e. The first-order chi connectivity index (χ1) is 8.65. The molecule has 1 aliphatic rings. The van der Waals surface area contributed by atoms with E-state index >= 15 is 0 Å². The third kappa shape index (κ3) is 4.45. The summed E-state index contributed by atoms with van der Waals surface area (Å²) >= 11 is 0. The third-order valence-electron chi connectivity index (χ3n) is 3.39. The Bertz CT molecular complexity index is 420. The van der Waals surface area contributed by atoms with Crippen molar-refractivity contribution in [1.82, 2.24) is 10.2 Å². The molecule has 112 valence electrons. The summed E-state index contributed by atoms with van der Waals surface area (Å²) in [6, 6.07) is -0.455. The maximum atomic E-state index is 12.4. The van der Waals surface area contributed by atoms with Crippen molar-refractivity contribution in [2.75, 3.05) is 12.0 Å². The van der Waals surface area contributed by atoms with Gasteiger partial charge in [0.25, 0.3) is 0 Å². The first-order valence-corrected chi connectivity index (χ1v) is 8.97. The molecule has 1 rings (SSSR count).